The average Bonchev–Trinajstić information content (AvgIpc) is 3.04. The molecule has 0 radical (unpaired) electrons. The van der Waals surface area contributed by atoms with E-state index < -0.39 is 0 Å². The van der Waals surface area contributed by atoms with Gasteiger partial charge < -0.3 is 19.5 Å². The van der Waals surface area contributed by atoms with E-state index in [1.807, 2.05) is 6.07 Å². The number of amides is 2. The summed E-state index contributed by atoms with van der Waals surface area (Å²) in [5, 5.41) is 12.0. The van der Waals surface area contributed by atoms with Crippen molar-refractivity contribution in [2.75, 3.05) is 26.2 Å². The Morgan fingerprint density at radius 1 is 1.36 bits per heavy atom. The zero-order valence-electron chi connectivity index (χ0n) is 12.4. The molecule has 1 aliphatic heterocycles. The van der Waals surface area contributed by atoms with Gasteiger partial charge >= 0.3 is 0 Å². The van der Waals surface area contributed by atoms with Crippen LogP contribution < -0.4 is 5.32 Å². The Morgan fingerprint density at radius 2 is 2.05 bits per heavy atom. The van der Waals surface area contributed by atoms with Gasteiger partial charge in [-0.25, -0.2) is 0 Å². The molecule has 1 aromatic rings. The maximum absolute atomic E-state index is 12.3. The fourth-order valence-corrected chi connectivity index (χ4v) is 2.20. The number of hydrogen-bond donors (Lipinski definition) is 1. The molecule has 0 aliphatic carbocycles. The molecule has 116 valence electrons. The van der Waals surface area contributed by atoms with Crippen LogP contribution in [0.4, 0.5) is 0 Å². The first-order valence-electron chi connectivity index (χ1n) is 7.02. The van der Waals surface area contributed by atoms with E-state index >= 15 is 0 Å². The van der Waals surface area contributed by atoms with E-state index in [0.717, 1.165) is 5.76 Å². The number of carbonyl (C=O) groups is 2. The second-order valence-corrected chi connectivity index (χ2v) is 4.93. The lowest BCUT2D eigenvalue weighted by Crippen LogP contribution is -2.50. The summed E-state index contributed by atoms with van der Waals surface area (Å²) in [5.74, 6) is 0.400. The fourth-order valence-electron chi connectivity index (χ4n) is 2.20. The van der Waals surface area contributed by atoms with Gasteiger partial charge in [0.1, 0.15) is 17.4 Å². The summed E-state index contributed by atoms with van der Waals surface area (Å²) in [6.45, 7) is 3.80. The van der Waals surface area contributed by atoms with Gasteiger partial charge in [0, 0.05) is 39.3 Å². The summed E-state index contributed by atoms with van der Waals surface area (Å²) in [6, 6.07) is 5.48. The average molecular weight is 302 g/mol. The van der Waals surface area contributed by atoms with E-state index in [0.29, 0.717) is 32.7 Å². The van der Waals surface area contributed by atoms with Crippen LogP contribution in [0.1, 0.15) is 12.7 Å². The number of nitrogens with zero attached hydrogens (tertiary/aromatic N) is 3. The minimum Gasteiger partial charge on any atom is -0.467 e. The van der Waals surface area contributed by atoms with Crippen LogP contribution in [0.25, 0.3) is 0 Å². The zero-order chi connectivity index (χ0) is 15.9. The van der Waals surface area contributed by atoms with Gasteiger partial charge in [-0.3, -0.25) is 9.59 Å². The quantitative estimate of drug-likeness (QED) is 0.645. The van der Waals surface area contributed by atoms with E-state index in [1.54, 1.807) is 28.2 Å². The molecule has 0 aromatic carbocycles. The summed E-state index contributed by atoms with van der Waals surface area (Å²) in [7, 11) is 0. The van der Waals surface area contributed by atoms with Crippen LogP contribution in [0, 0.1) is 11.3 Å². The molecule has 7 nitrogen and oxygen atoms in total. The van der Waals surface area contributed by atoms with Crippen molar-refractivity contribution in [3.8, 4) is 6.07 Å². The van der Waals surface area contributed by atoms with E-state index in [4.69, 9.17) is 9.68 Å². The van der Waals surface area contributed by atoms with Crippen LogP contribution in [0.5, 0.6) is 0 Å². The highest BCUT2D eigenvalue weighted by atomic mass is 16.3. The highest BCUT2D eigenvalue weighted by Crippen LogP contribution is 2.07. The first-order valence-corrected chi connectivity index (χ1v) is 7.02. The molecule has 0 spiro atoms. The zero-order valence-corrected chi connectivity index (χ0v) is 12.4. The lowest BCUT2D eigenvalue weighted by Gasteiger charge is -2.34. The number of carbonyl (C=O) groups excluding carboxylic acids is 2. The van der Waals surface area contributed by atoms with Gasteiger partial charge in [0.05, 0.1) is 12.8 Å². The van der Waals surface area contributed by atoms with Crippen LogP contribution in [0.2, 0.25) is 0 Å². The fraction of sp³-hybridized carbons (Fsp3) is 0.400. The number of hydrogen-bond acceptors (Lipinski definition) is 5. The standard InChI is InChI=1S/C15H18N4O3/c1-12(20)18-4-6-19(7-5-18)15(21)13(9-16)10-17-11-14-3-2-8-22-14/h2-3,8,10,17H,4-7,11H2,1H3/b13-10-. The van der Waals surface area contributed by atoms with Crippen LogP contribution in [-0.2, 0) is 16.1 Å². The maximum atomic E-state index is 12.3. The third-order valence-electron chi connectivity index (χ3n) is 3.47. The third-order valence-corrected chi connectivity index (χ3v) is 3.47. The number of nitriles is 1. The smallest absolute Gasteiger partial charge is 0.266 e. The van der Waals surface area contributed by atoms with Crippen LogP contribution >= 0.6 is 0 Å². The lowest BCUT2D eigenvalue weighted by atomic mass is 10.2. The molecule has 2 heterocycles. The van der Waals surface area contributed by atoms with Gasteiger partial charge in [-0.1, -0.05) is 0 Å². The van der Waals surface area contributed by atoms with Crippen molar-refractivity contribution in [1.82, 2.24) is 15.1 Å². The van der Waals surface area contributed by atoms with Crippen molar-refractivity contribution in [2.45, 2.75) is 13.5 Å². The second-order valence-electron chi connectivity index (χ2n) is 4.93. The van der Waals surface area contributed by atoms with Gasteiger partial charge in [-0.2, -0.15) is 5.26 Å². The van der Waals surface area contributed by atoms with Crippen molar-refractivity contribution < 1.29 is 14.0 Å². The molecular weight excluding hydrogens is 284 g/mol. The number of rotatable bonds is 4. The summed E-state index contributed by atoms with van der Waals surface area (Å²) in [6.07, 6.45) is 2.97. The first-order chi connectivity index (χ1) is 10.6. The van der Waals surface area contributed by atoms with Gasteiger partial charge in [0.15, 0.2) is 0 Å². The van der Waals surface area contributed by atoms with Crippen molar-refractivity contribution >= 4 is 11.8 Å². The Morgan fingerprint density at radius 3 is 2.59 bits per heavy atom. The molecule has 0 bridgehead atoms. The predicted octanol–water partition coefficient (Wildman–Crippen LogP) is 0.467. The minimum atomic E-state index is -0.322. The largest absolute Gasteiger partial charge is 0.467 e. The lowest BCUT2D eigenvalue weighted by molar-refractivity contribution is -0.136. The first kappa shape index (κ1) is 15.6. The van der Waals surface area contributed by atoms with Crippen LogP contribution in [0.15, 0.2) is 34.6 Å². The molecular formula is C15H18N4O3. The molecule has 2 amide bonds. The SMILES string of the molecule is CC(=O)N1CCN(C(=O)/C(C#N)=C\NCc2ccco2)CC1. The monoisotopic (exact) mass is 302 g/mol. The molecule has 1 fully saturated rings. The van der Waals surface area contributed by atoms with Crippen LogP contribution in [-0.4, -0.2) is 47.8 Å². The molecule has 22 heavy (non-hydrogen) atoms. The molecule has 0 saturated carbocycles. The molecule has 0 unspecified atom stereocenters. The van der Waals surface area contributed by atoms with Gasteiger partial charge in [-0.15, -0.1) is 0 Å². The summed E-state index contributed by atoms with van der Waals surface area (Å²) in [5.41, 5.74) is 0.0443. The number of nitrogens with one attached hydrogen (secondary N) is 1. The van der Waals surface area contributed by atoms with Crippen molar-refractivity contribution in [2.24, 2.45) is 0 Å². The molecule has 1 aliphatic rings. The molecule has 2 rings (SSSR count). The summed E-state index contributed by atoms with van der Waals surface area (Å²) < 4.78 is 5.15. The van der Waals surface area contributed by atoms with E-state index in [-0.39, 0.29) is 17.4 Å². The van der Waals surface area contributed by atoms with Crippen molar-refractivity contribution in [3.63, 3.8) is 0 Å². The third kappa shape index (κ3) is 3.88. The molecule has 7 heteroatoms. The Hall–Kier alpha value is -2.75. The Labute approximate surface area is 128 Å². The Bertz CT molecular complexity index is 593. The van der Waals surface area contributed by atoms with E-state index in [9.17, 15) is 9.59 Å². The Kier molecular flexibility index (Phi) is 5.20. The van der Waals surface area contributed by atoms with E-state index in [1.165, 1.54) is 13.1 Å². The molecule has 1 saturated heterocycles. The van der Waals surface area contributed by atoms with Crippen molar-refractivity contribution in [3.05, 3.63) is 35.9 Å². The minimum absolute atomic E-state index is 0.00302. The molecule has 0 atom stereocenters. The number of furan rings is 1. The highest BCUT2D eigenvalue weighted by Gasteiger charge is 2.24. The maximum Gasteiger partial charge on any atom is 0.266 e. The molecule has 1 N–H and O–H groups in total. The molecule has 1 aromatic heterocycles. The van der Waals surface area contributed by atoms with Gasteiger partial charge in [0.25, 0.3) is 5.91 Å². The van der Waals surface area contributed by atoms with Gasteiger partial charge in [0.2, 0.25) is 5.91 Å². The normalized spacial score (nSPS) is 15.4. The summed E-state index contributed by atoms with van der Waals surface area (Å²) in [4.78, 5) is 26.8. The van der Waals surface area contributed by atoms with E-state index in [2.05, 4.69) is 5.32 Å². The van der Waals surface area contributed by atoms with Crippen LogP contribution in [0.3, 0.4) is 0 Å². The second kappa shape index (κ2) is 7.31. The highest BCUT2D eigenvalue weighted by molar-refractivity contribution is 5.97. The summed E-state index contributed by atoms with van der Waals surface area (Å²) >= 11 is 0. The predicted molar refractivity (Wildman–Crippen MR) is 78.1 cm³/mol. The number of piperazine rings is 1. The topological polar surface area (TPSA) is 89.6 Å². The van der Waals surface area contributed by atoms with Crippen molar-refractivity contribution in [1.29, 1.82) is 5.26 Å². The van der Waals surface area contributed by atoms with Gasteiger partial charge in [-0.05, 0) is 12.1 Å². The Balaban J connectivity index is 1.89.